The van der Waals surface area contributed by atoms with Crippen molar-refractivity contribution in [2.45, 2.75) is 25.7 Å². The maximum Gasteiger partial charge on any atom is 0.407 e. The zero-order valence-electron chi connectivity index (χ0n) is 12.9. The van der Waals surface area contributed by atoms with E-state index in [4.69, 9.17) is 4.74 Å². The first-order valence-electron chi connectivity index (χ1n) is 6.94. The molecule has 8 nitrogen and oxygen atoms in total. The minimum absolute atomic E-state index is 0.0761. The summed E-state index contributed by atoms with van der Waals surface area (Å²) >= 11 is 0. The minimum Gasteiger partial charge on any atom is -0.467 e. The molecule has 1 unspecified atom stereocenters. The molecule has 0 aromatic heterocycles. The van der Waals surface area contributed by atoms with Gasteiger partial charge in [-0.3, -0.25) is 4.79 Å². The molecule has 0 aliphatic heterocycles. The number of alkyl carbamates (subject to hydrolysis) is 1. The van der Waals surface area contributed by atoms with Gasteiger partial charge in [-0.15, -0.1) is 0 Å². The molecule has 0 spiro atoms. The highest BCUT2D eigenvalue weighted by molar-refractivity contribution is 5.87. The predicted molar refractivity (Wildman–Crippen MR) is 80.3 cm³/mol. The van der Waals surface area contributed by atoms with Crippen molar-refractivity contribution in [3.8, 4) is 0 Å². The molecule has 3 N–H and O–H groups in total. The predicted octanol–water partition coefficient (Wildman–Crippen LogP) is -0.0486. The SMILES string of the molecule is COC(=O)[C@@H](NC(=O)CNC(=O)OCc1ccccc1)C(C)O. The number of hydrogen-bond acceptors (Lipinski definition) is 6. The van der Waals surface area contributed by atoms with Crippen molar-refractivity contribution in [3.63, 3.8) is 0 Å². The minimum atomic E-state index is -1.20. The van der Waals surface area contributed by atoms with Gasteiger partial charge in [0.15, 0.2) is 6.04 Å². The smallest absolute Gasteiger partial charge is 0.407 e. The van der Waals surface area contributed by atoms with Crippen LogP contribution in [0.1, 0.15) is 12.5 Å². The van der Waals surface area contributed by atoms with Gasteiger partial charge in [0.25, 0.3) is 0 Å². The molecule has 1 aromatic carbocycles. The van der Waals surface area contributed by atoms with Crippen LogP contribution < -0.4 is 10.6 Å². The molecule has 0 saturated heterocycles. The number of aliphatic hydroxyl groups excluding tert-OH is 1. The zero-order valence-corrected chi connectivity index (χ0v) is 12.9. The maximum absolute atomic E-state index is 11.7. The van der Waals surface area contributed by atoms with E-state index in [-0.39, 0.29) is 6.61 Å². The summed E-state index contributed by atoms with van der Waals surface area (Å²) in [4.78, 5) is 34.5. The Labute approximate surface area is 133 Å². The number of esters is 1. The van der Waals surface area contributed by atoms with E-state index >= 15 is 0 Å². The Balaban J connectivity index is 2.34. The summed E-state index contributed by atoms with van der Waals surface area (Å²) in [5, 5.41) is 13.9. The summed E-state index contributed by atoms with van der Waals surface area (Å²) in [5.74, 6) is -1.43. The van der Waals surface area contributed by atoms with E-state index in [2.05, 4.69) is 15.4 Å². The van der Waals surface area contributed by atoms with Crippen LogP contribution in [0.25, 0.3) is 0 Å². The van der Waals surface area contributed by atoms with Gasteiger partial charge in [0.2, 0.25) is 5.91 Å². The molecule has 0 aliphatic carbocycles. The second-order valence-corrected chi connectivity index (χ2v) is 4.72. The number of aliphatic hydroxyl groups is 1. The first-order valence-corrected chi connectivity index (χ1v) is 6.94. The molecule has 1 aromatic rings. The van der Waals surface area contributed by atoms with Crippen molar-refractivity contribution in [1.82, 2.24) is 10.6 Å². The molecule has 0 aliphatic rings. The number of methoxy groups -OCH3 is 1. The molecule has 23 heavy (non-hydrogen) atoms. The molecular formula is C15H20N2O6. The van der Waals surface area contributed by atoms with Gasteiger partial charge in [0.1, 0.15) is 13.2 Å². The Hall–Kier alpha value is -2.61. The molecule has 0 bridgehead atoms. The summed E-state index contributed by atoms with van der Waals surface area (Å²) in [5.41, 5.74) is 0.812. The average Bonchev–Trinajstić information content (AvgIpc) is 2.55. The highest BCUT2D eigenvalue weighted by Crippen LogP contribution is 2.00. The van der Waals surface area contributed by atoms with Crippen molar-refractivity contribution in [3.05, 3.63) is 35.9 Å². The Bertz CT molecular complexity index is 532. The summed E-state index contributed by atoms with van der Waals surface area (Å²) in [6.07, 6.45) is -1.90. The second kappa shape index (κ2) is 9.42. The van der Waals surface area contributed by atoms with E-state index in [1.54, 1.807) is 12.1 Å². The van der Waals surface area contributed by atoms with E-state index < -0.39 is 36.7 Å². The summed E-state index contributed by atoms with van der Waals surface area (Å²) in [6.45, 7) is 1.02. The number of nitrogens with one attached hydrogen (secondary N) is 2. The number of rotatable bonds is 7. The number of carbonyl (C=O) groups is 3. The topological polar surface area (TPSA) is 114 Å². The Morgan fingerprint density at radius 3 is 2.43 bits per heavy atom. The van der Waals surface area contributed by atoms with Crippen molar-refractivity contribution in [1.29, 1.82) is 0 Å². The lowest BCUT2D eigenvalue weighted by atomic mass is 10.2. The molecule has 0 saturated carbocycles. The van der Waals surface area contributed by atoms with E-state index in [0.29, 0.717) is 0 Å². The molecule has 2 amide bonds. The van der Waals surface area contributed by atoms with Crippen LogP contribution >= 0.6 is 0 Å². The van der Waals surface area contributed by atoms with Crippen molar-refractivity contribution >= 4 is 18.0 Å². The van der Waals surface area contributed by atoms with Crippen LogP contribution in [-0.4, -0.2) is 48.9 Å². The van der Waals surface area contributed by atoms with Gasteiger partial charge < -0.3 is 25.2 Å². The summed E-state index contributed by atoms with van der Waals surface area (Å²) in [6, 6.07) is 7.86. The molecule has 2 atom stereocenters. The van der Waals surface area contributed by atoms with Gasteiger partial charge in [-0.1, -0.05) is 30.3 Å². The molecule has 126 valence electrons. The van der Waals surface area contributed by atoms with Crippen LogP contribution in [0.5, 0.6) is 0 Å². The summed E-state index contributed by atoms with van der Waals surface area (Å²) < 4.78 is 9.39. The van der Waals surface area contributed by atoms with Crippen LogP contribution in [0.4, 0.5) is 4.79 Å². The van der Waals surface area contributed by atoms with Crippen LogP contribution in [0.3, 0.4) is 0 Å². The highest BCUT2D eigenvalue weighted by atomic mass is 16.5. The quantitative estimate of drug-likeness (QED) is 0.606. The Kier molecular flexibility index (Phi) is 7.55. The van der Waals surface area contributed by atoms with E-state index in [1.807, 2.05) is 18.2 Å². The van der Waals surface area contributed by atoms with Gasteiger partial charge >= 0.3 is 12.1 Å². The van der Waals surface area contributed by atoms with E-state index in [1.165, 1.54) is 6.92 Å². The monoisotopic (exact) mass is 324 g/mol. The first kappa shape index (κ1) is 18.4. The molecule has 0 heterocycles. The highest BCUT2D eigenvalue weighted by Gasteiger charge is 2.26. The normalized spacial score (nSPS) is 12.7. The van der Waals surface area contributed by atoms with E-state index in [9.17, 15) is 19.5 Å². The average molecular weight is 324 g/mol. The zero-order chi connectivity index (χ0) is 17.2. The third-order valence-electron chi connectivity index (χ3n) is 2.86. The molecular weight excluding hydrogens is 304 g/mol. The lowest BCUT2D eigenvalue weighted by Crippen LogP contribution is -2.51. The molecule has 8 heteroatoms. The van der Waals surface area contributed by atoms with Crippen LogP contribution in [0.2, 0.25) is 0 Å². The fourth-order valence-corrected chi connectivity index (χ4v) is 1.65. The molecule has 0 fully saturated rings. The first-order chi connectivity index (χ1) is 10.9. The van der Waals surface area contributed by atoms with Crippen LogP contribution in [0, 0.1) is 0 Å². The van der Waals surface area contributed by atoms with Gasteiger partial charge in [-0.25, -0.2) is 9.59 Å². The fourth-order valence-electron chi connectivity index (χ4n) is 1.65. The van der Waals surface area contributed by atoms with Crippen molar-refractivity contribution < 1.29 is 29.0 Å². The van der Waals surface area contributed by atoms with E-state index in [0.717, 1.165) is 12.7 Å². The number of ether oxygens (including phenoxy) is 2. The van der Waals surface area contributed by atoms with Crippen LogP contribution in [-0.2, 0) is 25.7 Å². The second-order valence-electron chi connectivity index (χ2n) is 4.72. The van der Waals surface area contributed by atoms with Gasteiger partial charge in [0.05, 0.1) is 13.2 Å². The number of benzene rings is 1. The third kappa shape index (κ3) is 6.79. The lowest BCUT2D eigenvalue weighted by Gasteiger charge is -2.18. The third-order valence-corrected chi connectivity index (χ3v) is 2.86. The molecule has 1 rings (SSSR count). The lowest BCUT2D eigenvalue weighted by molar-refractivity contribution is -0.147. The van der Waals surface area contributed by atoms with Crippen LogP contribution in [0.15, 0.2) is 30.3 Å². The van der Waals surface area contributed by atoms with Gasteiger partial charge in [-0.05, 0) is 12.5 Å². The summed E-state index contributed by atoms with van der Waals surface area (Å²) in [7, 11) is 1.14. The largest absolute Gasteiger partial charge is 0.467 e. The maximum atomic E-state index is 11.7. The van der Waals surface area contributed by atoms with Gasteiger partial charge in [-0.2, -0.15) is 0 Å². The number of carbonyl (C=O) groups excluding carboxylic acids is 3. The number of hydrogen-bond donors (Lipinski definition) is 3. The number of amides is 2. The molecule has 0 radical (unpaired) electrons. The Morgan fingerprint density at radius 2 is 1.87 bits per heavy atom. The standard InChI is InChI=1S/C15H20N2O6/c1-10(18)13(14(20)22-2)17-12(19)8-16-15(21)23-9-11-6-4-3-5-7-11/h3-7,10,13,18H,8-9H2,1-2H3,(H,16,21)(H,17,19)/t10?,13-/m0/s1. The van der Waals surface area contributed by atoms with Crippen molar-refractivity contribution in [2.75, 3.05) is 13.7 Å². The fraction of sp³-hybridized carbons (Fsp3) is 0.400. The van der Waals surface area contributed by atoms with Crippen molar-refractivity contribution in [2.24, 2.45) is 0 Å². The van der Waals surface area contributed by atoms with Gasteiger partial charge in [0, 0.05) is 0 Å². The Morgan fingerprint density at radius 1 is 1.22 bits per heavy atom.